The Morgan fingerprint density at radius 2 is 2.30 bits per heavy atom. The Morgan fingerprint density at radius 3 is 2.95 bits per heavy atom. The Balaban J connectivity index is 2.07. The fourth-order valence-electron chi connectivity index (χ4n) is 1.70. The number of aliphatic hydroxyl groups is 1. The first-order valence-electron chi connectivity index (χ1n) is 6.14. The monoisotopic (exact) mass is 310 g/mol. The standard InChI is InChI=1S/C14H15ClN2O2S/c1-8-5-11(15)4-3-10(8)6-12-7-16-14(20-12)17-13(19)9(2)18/h3-5,7,9,18H,6H2,1-2H3,(H,16,17,19). The SMILES string of the molecule is Cc1cc(Cl)ccc1Cc1cnc(NC(=O)C(C)O)s1. The van der Waals surface area contributed by atoms with Crippen LogP contribution in [-0.4, -0.2) is 22.1 Å². The summed E-state index contributed by atoms with van der Waals surface area (Å²) in [6.45, 7) is 3.43. The van der Waals surface area contributed by atoms with Crippen LogP contribution in [0.1, 0.15) is 22.9 Å². The van der Waals surface area contributed by atoms with Crippen LogP contribution in [0.3, 0.4) is 0 Å². The number of aryl methyl sites for hydroxylation is 1. The summed E-state index contributed by atoms with van der Waals surface area (Å²) in [5.74, 6) is -0.450. The molecular formula is C14H15ClN2O2S. The molecule has 2 N–H and O–H groups in total. The maximum atomic E-state index is 11.4. The molecule has 1 unspecified atom stereocenters. The number of carbonyl (C=O) groups is 1. The molecule has 0 fully saturated rings. The van der Waals surface area contributed by atoms with Crippen molar-refractivity contribution in [1.29, 1.82) is 0 Å². The molecule has 4 nitrogen and oxygen atoms in total. The van der Waals surface area contributed by atoms with Gasteiger partial charge in [0.2, 0.25) is 0 Å². The van der Waals surface area contributed by atoms with E-state index in [1.807, 2.05) is 25.1 Å². The van der Waals surface area contributed by atoms with E-state index in [1.54, 1.807) is 6.20 Å². The Hall–Kier alpha value is -1.43. The number of amides is 1. The number of nitrogens with zero attached hydrogens (tertiary/aromatic N) is 1. The van der Waals surface area contributed by atoms with Crippen LogP contribution < -0.4 is 5.32 Å². The van der Waals surface area contributed by atoms with Crippen molar-refractivity contribution in [3.8, 4) is 0 Å². The number of anilines is 1. The summed E-state index contributed by atoms with van der Waals surface area (Å²) >= 11 is 7.33. The Kier molecular flexibility index (Phi) is 4.75. The fourth-order valence-corrected chi connectivity index (χ4v) is 2.77. The molecule has 6 heteroatoms. The number of nitrogens with one attached hydrogen (secondary N) is 1. The van der Waals surface area contributed by atoms with Crippen LogP contribution in [0.15, 0.2) is 24.4 Å². The van der Waals surface area contributed by atoms with E-state index in [1.165, 1.54) is 23.8 Å². The molecule has 1 amide bonds. The third-order valence-electron chi connectivity index (χ3n) is 2.83. The zero-order chi connectivity index (χ0) is 14.7. The average Bonchev–Trinajstić information content (AvgIpc) is 2.80. The smallest absolute Gasteiger partial charge is 0.254 e. The van der Waals surface area contributed by atoms with Crippen LogP contribution in [-0.2, 0) is 11.2 Å². The van der Waals surface area contributed by atoms with E-state index in [0.29, 0.717) is 5.13 Å². The minimum absolute atomic E-state index is 0.450. The predicted octanol–water partition coefficient (Wildman–Crippen LogP) is 3.02. The van der Waals surface area contributed by atoms with Gasteiger partial charge in [0.05, 0.1) is 0 Å². The first-order valence-corrected chi connectivity index (χ1v) is 7.34. The van der Waals surface area contributed by atoms with Gasteiger partial charge < -0.3 is 5.11 Å². The van der Waals surface area contributed by atoms with Crippen molar-refractivity contribution in [2.24, 2.45) is 0 Å². The zero-order valence-electron chi connectivity index (χ0n) is 11.2. The van der Waals surface area contributed by atoms with Crippen LogP contribution in [0.5, 0.6) is 0 Å². The fraction of sp³-hybridized carbons (Fsp3) is 0.286. The number of benzene rings is 1. The molecule has 0 bridgehead atoms. The topological polar surface area (TPSA) is 62.2 Å². The Morgan fingerprint density at radius 1 is 1.55 bits per heavy atom. The second-order valence-corrected chi connectivity index (χ2v) is 6.10. The lowest BCUT2D eigenvalue weighted by atomic mass is 10.1. The molecule has 0 saturated heterocycles. The number of thiazole rings is 1. The van der Waals surface area contributed by atoms with Crippen LogP contribution in [0, 0.1) is 6.92 Å². The van der Waals surface area contributed by atoms with Gasteiger partial charge in [0.1, 0.15) is 6.10 Å². The molecule has 0 aliphatic heterocycles. The molecule has 0 radical (unpaired) electrons. The van der Waals surface area contributed by atoms with Gasteiger partial charge in [-0.1, -0.05) is 17.7 Å². The van der Waals surface area contributed by atoms with Crippen molar-refractivity contribution in [3.63, 3.8) is 0 Å². The lowest BCUT2D eigenvalue weighted by Crippen LogP contribution is -2.24. The second kappa shape index (κ2) is 6.35. The molecule has 1 atom stereocenters. The highest BCUT2D eigenvalue weighted by atomic mass is 35.5. The van der Waals surface area contributed by atoms with E-state index < -0.39 is 12.0 Å². The lowest BCUT2D eigenvalue weighted by Gasteiger charge is -2.04. The average molecular weight is 311 g/mol. The van der Waals surface area contributed by atoms with E-state index >= 15 is 0 Å². The predicted molar refractivity (Wildman–Crippen MR) is 81.4 cm³/mol. The van der Waals surface area contributed by atoms with Gasteiger partial charge in [0.15, 0.2) is 5.13 Å². The summed E-state index contributed by atoms with van der Waals surface area (Å²) in [7, 11) is 0. The van der Waals surface area contributed by atoms with Gasteiger partial charge in [-0.05, 0) is 37.1 Å². The lowest BCUT2D eigenvalue weighted by molar-refractivity contribution is -0.123. The molecule has 0 spiro atoms. The number of aromatic nitrogens is 1. The molecule has 1 heterocycles. The van der Waals surface area contributed by atoms with Gasteiger partial charge in [-0.25, -0.2) is 4.98 Å². The molecule has 2 rings (SSSR count). The Bertz CT molecular complexity index is 625. The van der Waals surface area contributed by atoms with Gasteiger partial charge in [-0.15, -0.1) is 11.3 Å². The summed E-state index contributed by atoms with van der Waals surface area (Å²) in [4.78, 5) is 16.5. The van der Waals surface area contributed by atoms with Gasteiger partial charge in [0, 0.05) is 22.5 Å². The van der Waals surface area contributed by atoms with Crippen molar-refractivity contribution in [2.45, 2.75) is 26.4 Å². The molecule has 1 aromatic heterocycles. The van der Waals surface area contributed by atoms with Crippen LogP contribution in [0.4, 0.5) is 5.13 Å². The van der Waals surface area contributed by atoms with Crippen molar-refractivity contribution >= 4 is 34.0 Å². The maximum absolute atomic E-state index is 11.4. The highest BCUT2D eigenvalue weighted by molar-refractivity contribution is 7.15. The van der Waals surface area contributed by atoms with E-state index in [9.17, 15) is 4.79 Å². The van der Waals surface area contributed by atoms with E-state index in [0.717, 1.165) is 21.9 Å². The summed E-state index contributed by atoms with van der Waals surface area (Å²) in [6.07, 6.45) is 1.43. The number of carbonyl (C=O) groups excluding carboxylic acids is 1. The van der Waals surface area contributed by atoms with E-state index in [2.05, 4.69) is 10.3 Å². The molecule has 106 valence electrons. The van der Waals surface area contributed by atoms with Crippen molar-refractivity contribution in [2.75, 3.05) is 5.32 Å². The molecule has 0 aliphatic rings. The zero-order valence-corrected chi connectivity index (χ0v) is 12.8. The van der Waals surface area contributed by atoms with Crippen molar-refractivity contribution < 1.29 is 9.90 Å². The molecule has 0 aliphatic carbocycles. The maximum Gasteiger partial charge on any atom is 0.254 e. The molecule has 20 heavy (non-hydrogen) atoms. The summed E-state index contributed by atoms with van der Waals surface area (Å²) in [5, 5.41) is 12.9. The van der Waals surface area contributed by atoms with Crippen LogP contribution in [0.2, 0.25) is 5.02 Å². The molecular weight excluding hydrogens is 296 g/mol. The van der Waals surface area contributed by atoms with Crippen LogP contribution >= 0.6 is 22.9 Å². The number of rotatable bonds is 4. The summed E-state index contributed by atoms with van der Waals surface area (Å²) in [5.41, 5.74) is 2.30. The molecule has 0 saturated carbocycles. The minimum Gasteiger partial charge on any atom is -0.384 e. The van der Waals surface area contributed by atoms with Gasteiger partial charge in [-0.2, -0.15) is 0 Å². The minimum atomic E-state index is -1.04. The number of hydrogen-bond donors (Lipinski definition) is 2. The summed E-state index contributed by atoms with van der Waals surface area (Å²) in [6, 6.07) is 5.78. The second-order valence-electron chi connectivity index (χ2n) is 4.54. The largest absolute Gasteiger partial charge is 0.384 e. The van der Waals surface area contributed by atoms with E-state index in [4.69, 9.17) is 16.7 Å². The first-order chi connectivity index (χ1) is 9.45. The highest BCUT2D eigenvalue weighted by Gasteiger charge is 2.12. The number of halogens is 1. The van der Waals surface area contributed by atoms with E-state index in [-0.39, 0.29) is 0 Å². The number of hydrogen-bond acceptors (Lipinski definition) is 4. The normalized spacial score (nSPS) is 12.2. The van der Waals surface area contributed by atoms with Gasteiger partial charge >= 0.3 is 0 Å². The molecule has 2 aromatic rings. The highest BCUT2D eigenvalue weighted by Crippen LogP contribution is 2.24. The number of aliphatic hydroxyl groups excluding tert-OH is 1. The van der Waals surface area contributed by atoms with Gasteiger partial charge in [-0.3, -0.25) is 10.1 Å². The first kappa shape index (κ1) is 15.0. The van der Waals surface area contributed by atoms with Gasteiger partial charge in [0.25, 0.3) is 5.91 Å². The third-order valence-corrected chi connectivity index (χ3v) is 3.98. The third kappa shape index (κ3) is 3.79. The van der Waals surface area contributed by atoms with Crippen molar-refractivity contribution in [3.05, 3.63) is 45.4 Å². The quantitative estimate of drug-likeness (QED) is 0.912. The van der Waals surface area contributed by atoms with Crippen molar-refractivity contribution in [1.82, 2.24) is 4.98 Å². The summed E-state index contributed by atoms with van der Waals surface area (Å²) < 4.78 is 0. The Labute approximate surface area is 126 Å². The molecule has 1 aromatic carbocycles. The van der Waals surface area contributed by atoms with Crippen LogP contribution in [0.25, 0.3) is 0 Å².